The number of ether oxygens (including phenoxy) is 1. The molecule has 2 saturated heterocycles. The molecule has 0 aromatic carbocycles. The van der Waals surface area contributed by atoms with E-state index in [1.54, 1.807) is 6.33 Å². The lowest BCUT2D eigenvalue weighted by Gasteiger charge is -2.36. The third-order valence-electron chi connectivity index (χ3n) is 5.65. The number of aromatic amines is 1. The number of H-pyrrole nitrogens is 1. The largest absolute Gasteiger partial charge is 0.381 e. The van der Waals surface area contributed by atoms with E-state index in [4.69, 9.17) is 4.74 Å². The summed E-state index contributed by atoms with van der Waals surface area (Å²) in [5, 5.41) is 4.67. The molecule has 0 saturated carbocycles. The second-order valence-electron chi connectivity index (χ2n) is 7.71. The van der Waals surface area contributed by atoms with Crippen molar-refractivity contribution in [2.45, 2.75) is 38.1 Å². The van der Waals surface area contributed by atoms with Crippen molar-refractivity contribution >= 4 is 22.8 Å². The van der Waals surface area contributed by atoms with Gasteiger partial charge in [0.1, 0.15) is 17.8 Å². The molecule has 0 spiro atoms. The quantitative estimate of drug-likeness (QED) is 0.810. The van der Waals surface area contributed by atoms with Gasteiger partial charge in [0.25, 0.3) is 0 Å². The number of hydrogen-bond donors (Lipinski definition) is 2. The second kappa shape index (κ2) is 7.68. The van der Waals surface area contributed by atoms with Crippen molar-refractivity contribution in [1.29, 1.82) is 0 Å². The van der Waals surface area contributed by atoms with Crippen LogP contribution >= 0.6 is 0 Å². The molecular weight excluding hydrogens is 342 g/mol. The van der Waals surface area contributed by atoms with E-state index in [9.17, 15) is 4.79 Å². The molecule has 2 aliphatic heterocycles. The predicted molar refractivity (Wildman–Crippen MR) is 105 cm³/mol. The number of piperidine rings is 1. The SMILES string of the molecule is C=CC(=O)N1C[C@@H](C)C[C@@H](Nc2ncnc3[nH]cc(C4CCOCC4)c23)C1. The first-order valence-electron chi connectivity index (χ1n) is 9.73. The van der Waals surface area contributed by atoms with E-state index < -0.39 is 0 Å². The van der Waals surface area contributed by atoms with Crippen LogP contribution in [-0.4, -0.2) is 58.1 Å². The molecule has 144 valence electrons. The molecule has 2 fully saturated rings. The third-order valence-corrected chi connectivity index (χ3v) is 5.65. The summed E-state index contributed by atoms with van der Waals surface area (Å²) in [5.41, 5.74) is 2.12. The van der Waals surface area contributed by atoms with Gasteiger partial charge >= 0.3 is 0 Å². The third kappa shape index (κ3) is 3.69. The Hall–Kier alpha value is -2.41. The molecular formula is C20H27N5O2. The lowest BCUT2D eigenvalue weighted by atomic mass is 9.91. The van der Waals surface area contributed by atoms with E-state index in [0.717, 1.165) is 55.9 Å². The molecule has 0 bridgehead atoms. The Morgan fingerprint density at radius 2 is 2.19 bits per heavy atom. The van der Waals surface area contributed by atoms with E-state index >= 15 is 0 Å². The zero-order valence-corrected chi connectivity index (χ0v) is 15.8. The van der Waals surface area contributed by atoms with Crippen molar-refractivity contribution in [3.05, 3.63) is 30.7 Å². The lowest BCUT2D eigenvalue weighted by molar-refractivity contribution is -0.127. The summed E-state index contributed by atoms with van der Waals surface area (Å²) in [5.74, 6) is 1.74. The van der Waals surface area contributed by atoms with Crippen LogP contribution in [0.4, 0.5) is 5.82 Å². The number of carbonyl (C=O) groups is 1. The number of rotatable bonds is 4. The van der Waals surface area contributed by atoms with Gasteiger partial charge in [-0.1, -0.05) is 13.5 Å². The normalized spacial score (nSPS) is 24.1. The van der Waals surface area contributed by atoms with E-state index in [0.29, 0.717) is 18.4 Å². The molecule has 0 aliphatic carbocycles. The number of anilines is 1. The molecule has 2 atom stereocenters. The van der Waals surface area contributed by atoms with Crippen molar-refractivity contribution in [2.75, 3.05) is 31.6 Å². The topological polar surface area (TPSA) is 83.1 Å². The standard InChI is InChI=1S/C20H27N5O2/c1-3-17(26)25-10-13(2)8-15(11-25)24-20-18-16(14-4-6-27-7-5-14)9-21-19(18)22-12-23-20/h3,9,12-15H,1,4-8,10-11H2,2H3,(H2,21,22,23,24)/t13-,15+/m0/s1. The molecule has 7 nitrogen and oxygen atoms in total. The van der Waals surface area contributed by atoms with Crippen LogP contribution in [0.1, 0.15) is 37.7 Å². The van der Waals surface area contributed by atoms with Gasteiger partial charge in [0.15, 0.2) is 0 Å². The monoisotopic (exact) mass is 369 g/mol. The van der Waals surface area contributed by atoms with Crippen LogP contribution in [-0.2, 0) is 9.53 Å². The highest BCUT2D eigenvalue weighted by Crippen LogP contribution is 2.35. The highest BCUT2D eigenvalue weighted by molar-refractivity contribution is 5.91. The van der Waals surface area contributed by atoms with Gasteiger partial charge < -0.3 is 19.9 Å². The maximum atomic E-state index is 12.1. The summed E-state index contributed by atoms with van der Waals surface area (Å²) >= 11 is 0. The van der Waals surface area contributed by atoms with Crippen LogP contribution in [0.25, 0.3) is 11.0 Å². The number of carbonyl (C=O) groups excluding carboxylic acids is 1. The van der Waals surface area contributed by atoms with Gasteiger partial charge in [-0.3, -0.25) is 4.79 Å². The zero-order valence-electron chi connectivity index (χ0n) is 15.8. The second-order valence-corrected chi connectivity index (χ2v) is 7.71. The minimum absolute atomic E-state index is 0.00859. The fourth-order valence-electron chi connectivity index (χ4n) is 4.39. The smallest absolute Gasteiger partial charge is 0.246 e. The molecule has 0 unspecified atom stereocenters. The number of nitrogens with zero attached hydrogens (tertiary/aromatic N) is 3. The number of nitrogens with one attached hydrogen (secondary N) is 2. The Morgan fingerprint density at radius 3 is 2.96 bits per heavy atom. The summed E-state index contributed by atoms with van der Waals surface area (Å²) < 4.78 is 5.52. The van der Waals surface area contributed by atoms with Gasteiger partial charge in [-0.25, -0.2) is 9.97 Å². The maximum Gasteiger partial charge on any atom is 0.246 e. The first kappa shape index (κ1) is 18.0. The van der Waals surface area contributed by atoms with Crippen LogP contribution in [0.3, 0.4) is 0 Å². The molecule has 27 heavy (non-hydrogen) atoms. The van der Waals surface area contributed by atoms with Gasteiger partial charge in [0.2, 0.25) is 5.91 Å². The lowest BCUT2D eigenvalue weighted by Crippen LogP contribution is -2.47. The molecule has 2 N–H and O–H groups in total. The average Bonchev–Trinajstić information content (AvgIpc) is 3.13. The molecule has 0 radical (unpaired) electrons. The summed E-state index contributed by atoms with van der Waals surface area (Å²) in [6.45, 7) is 8.84. The van der Waals surface area contributed by atoms with E-state index in [2.05, 4.69) is 40.0 Å². The Labute approximate surface area is 159 Å². The van der Waals surface area contributed by atoms with Gasteiger partial charge in [0.05, 0.1) is 5.39 Å². The minimum Gasteiger partial charge on any atom is -0.381 e. The molecule has 1 amide bonds. The number of aromatic nitrogens is 3. The first-order chi connectivity index (χ1) is 13.2. The van der Waals surface area contributed by atoms with E-state index in [1.807, 2.05) is 4.90 Å². The van der Waals surface area contributed by atoms with Crippen molar-refractivity contribution < 1.29 is 9.53 Å². The van der Waals surface area contributed by atoms with Crippen LogP contribution in [0.5, 0.6) is 0 Å². The Kier molecular flexibility index (Phi) is 5.11. The first-order valence-corrected chi connectivity index (χ1v) is 9.73. The summed E-state index contributed by atoms with van der Waals surface area (Å²) in [7, 11) is 0. The summed E-state index contributed by atoms with van der Waals surface area (Å²) in [4.78, 5) is 26.2. The van der Waals surface area contributed by atoms with Crippen LogP contribution in [0, 0.1) is 5.92 Å². The predicted octanol–water partition coefficient (Wildman–Crippen LogP) is 2.69. The molecule has 2 aromatic heterocycles. The number of likely N-dealkylation sites (tertiary alicyclic amines) is 1. The van der Waals surface area contributed by atoms with Gasteiger partial charge in [0, 0.05) is 38.5 Å². The van der Waals surface area contributed by atoms with E-state index in [-0.39, 0.29) is 11.9 Å². The van der Waals surface area contributed by atoms with Gasteiger partial charge in [-0.2, -0.15) is 0 Å². The molecule has 4 heterocycles. The number of hydrogen-bond acceptors (Lipinski definition) is 5. The number of fused-ring (bicyclic) bond motifs is 1. The number of amides is 1. The summed E-state index contributed by atoms with van der Waals surface area (Å²) in [6.07, 6.45) is 8.09. The van der Waals surface area contributed by atoms with Crippen LogP contribution in [0.15, 0.2) is 25.2 Å². The van der Waals surface area contributed by atoms with E-state index in [1.165, 1.54) is 11.6 Å². The van der Waals surface area contributed by atoms with Crippen LogP contribution < -0.4 is 5.32 Å². The Balaban J connectivity index is 1.60. The zero-order chi connectivity index (χ0) is 18.8. The maximum absolute atomic E-state index is 12.1. The van der Waals surface area contributed by atoms with Gasteiger partial charge in [-0.15, -0.1) is 0 Å². The minimum atomic E-state index is -0.00859. The Morgan fingerprint density at radius 1 is 1.37 bits per heavy atom. The van der Waals surface area contributed by atoms with Crippen molar-refractivity contribution in [3.8, 4) is 0 Å². The molecule has 2 aromatic rings. The molecule has 4 rings (SSSR count). The summed E-state index contributed by atoms with van der Waals surface area (Å²) in [6, 6.07) is 0.160. The fourth-order valence-corrected chi connectivity index (χ4v) is 4.39. The fraction of sp³-hybridized carbons (Fsp3) is 0.550. The van der Waals surface area contributed by atoms with Gasteiger partial charge in [-0.05, 0) is 42.7 Å². The van der Waals surface area contributed by atoms with Crippen molar-refractivity contribution in [1.82, 2.24) is 19.9 Å². The average molecular weight is 369 g/mol. The highest BCUT2D eigenvalue weighted by Gasteiger charge is 2.28. The highest BCUT2D eigenvalue weighted by atomic mass is 16.5. The molecule has 2 aliphatic rings. The Bertz CT molecular complexity index is 827. The molecule has 7 heteroatoms. The van der Waals surface area contributed by atoms with Crippen molar-refractivity contribution in [3.63, 3.8) is 0 Å². The van der Waals surface area contributed by atoms with Crippen molar-refractivity contribution in [2.24, 2.45) is 5.92 Å². The van der Waals surface area contributed by atoms with Crippen LogP contribution in [0.2, 0.25) is 0 Å².